The van der Waals surface area contributed by atoms with E-state index in [9.17, 15) is 9.59 Å². The van der Waals surface area contributed by atoms with Crippen LogP contribution < -0.4 is 11.1 Å². The first kappa shape index (κ1) is 14.5. The van der Waals surface area contributed by atoms with E-state index >= 15 is 0 Å². The molecule has 0 heterocycles. The third kappa shape index (κ3) is 3.17. The molecule has 5 heteroatoms. The molecular formula is C15H20N2O3. The average molecular weight is 276 g/mol. The highest BCUT2D eigenvalue weighted by Gasteiger charge is 2.43. The molecule has 3 N–H and O–H groups in total. The molecule has 5 nitrogen and oxygen atoms in total. The number of hydrogen-bond acceptors (Lipinski definition) is 4. The van der Waals surface area contributed by atoms with Crippen LogP contribution >= 0.6 is 0 Å². The lowest BCUT2D eigenvalue weighted by Gasteiger charge is -2.23. The molecule has 2 rings (SSSR count). The fourth-order valence-corrected chi connectivity index (χ4v) is 2.12. The summed E-state index contributed by atoms with van der Waals surface area (Å²) < 4.78 is 4.63. The summed E-state index contributed by atoms with van der Waals surface area (Å²) in [7, 11) is 1.34. The molecule has 1 fully saturated rings. The number of ether oxygens (including phenoxy) is 1. The number of nitrogens with two attached hydrogens (primary N) is 1. The normalized spacial score (nSPS) is 17.1. The number of esters is 1. The molecule has 1 aromatic carbocycles. The van der Waals surface area contributed by atoms with Gasteiger partial charge in [0.15, 0.2) is 0 Å². The second kappa shape index (κ2) is 5.63. The van der Waals surface area contributed by atoms with Gasteiger partial charge in [-0.05, 0) is 43.4 Å². The number of carbonyl (C=O) groups is 2. The van der Waals surface area contributed by atoms with E-state index < -0.39 is 5.54 Å². The van der Waals surface area contributed by atoms with Crippen molar-refractivity contribution in [3.63, 3.8) is 0 Å². The molecule has 1 unspecified atom stereocenters. The van der Waals surface area contributed by atoms with Gasteiger partial charge in [0, 0.05) is 6.54 Å². The first-order chi connectivity index (χ1) is 9.45. The van der Waals surface area contributed by atoms with Crippen LogP contribution in [0.25, 0.3) is 0 Å². The second-order valence-electron chi connectivity index (χ2n) is 5.43. The highest BCUT2D eigenvalue weighted by Crippen LogP contribution is 2.38. The predicted molar refractivity (Wildman–Crippen MR) is 74.9 cm³/mol. The fourth-order valence-electron chi connectivity index (χ4n) is 2.12. The van der Waals surface area contributed by atoms with E-state index in [0.29, 0.717) is 18.0 Å². The highest BCUT2D eigenvalue weighted by molar-refractivity contribution is 5.89. The zero-order chi connectivity index (χ0) is 14.8. The Hall–Kier alpha value is -1.88. The van der Waals surface area contributed by atoms with Crippen LogP contribution in [0.2, 0.25) is 0 Å². The smallest absolute Gasteiger partial charge is 0.337 e. The molecule has 0 spiro atoms. The standard InChI is InChI=1S/C15H20N2O3/c1-15(16,12-7-8-12)14(19)17-9-10-3-5-11(6-4-10)13(18)20-2/h3-6,12H,7-9,16H2,1-2H3,(H,17,19). The molecule has 108 valence electrons. The zero-order valence-electron chi connectivity index (χ0n) is 11.8. The number of methoxy groups -OCH3 is 1. The number of nitrogens with one attached hydrogen (secondary N) is 1. The Morgan fingerprint density at radius 3 is 2.45 bits per heavy atom. The van der Waals surface area contributed by atoms with Crippen molar-refractivity contribution in [2.24, 2.45) is 11.7 Å². The van der Waals surface area contributed by atoms with Crippen molar-refractivity contribution in [3.8, 4) is 0 Å². The number of benzene rings is 1. The number of amides is 1. The third-order valence-corrected chi connectivity index (χ3v) is 3.74. The molecule has 0 radical (unpaired) electrons. The van der Waals surface area contributed by atoms with Gasteiger partial charge < -0.3 is 15.8 Å². The van der Waals surface area contributed by atoms with Gasteiger partial charge in [-0.2, -0.15) is 0 Å². The van der Waals surface area contributed by atoms with Gasteiger partial charge in [0.25, 0.3) is 0 Å². The highest BCUT2D eigenvalue weighted by atomic mass is 16.5. The van der Waals surface area contributed by atoms with E-state index in [1.54, 1.807) is 31.2 Å². The summed E-state index contributed by atoms with van der Waals surface area (Å²) in [5.41, 5.74) is 6.66. The average Bonchev–Trinajstić information content (AvgIpc) is 3.29. The summed E-state index contributed by atoms with van der Waals surface area (Å²) in [6, 6.07) is 6.93. The number of rotatable bonds is 5. The van der Waals surface area contributed by atoms with Gasteiger partial charge in [0.1, 0.15) is 0 Å². The molecule has 1 amide bonds. The molecule has 1 saturated carbocycles. The first-order valence-corrected chi connectivity index (χ1v) is 6.69. The minimum Gasteiger partial charge on any atom is -0.465 e. The van der Waals surface area contributed by atoms with Gasteiger partial charge in [-0.15, -0.1) is 0 Å². The van der Waals surface area contributed by atoms with E-state index in [0.717, 1.165) is 18.4 Å². The van der Waals surface area contributed by atoms with Crippen LogP contribution in [-0.4, -0.2) is 24.5 Å². The fraction of sp³-hybridized carbons (Fsp3) is 0.467. The lowest BCUT2D eigenvalue weighted by atomic mass is 9.96. The SMILES string of the molecule is COC(=O)c1ccc(CNC(=O)C(C)(N)C2CC2)cc1. The Kier molecular flexibility index (Phi) is 4.09. The van der Waals surface area contributed by atoms with Crippen molar-refractivity contribution >= 4 is 11.9 Å². The van der Waals surface area contributed by atoms with Gasteiger partial charge >= 0.3 is 5.97 Å². The lowest BCUT2D eigenvalue weighted by Crippen LogP contribution is -2.53. The maximum absolute atomic E-state index is 12.0. The van der Waals surface area contributed by atoms with Crippen molar-refractivity contribution in [1.82, 2.24) is 5.32 Å². The van der Waals surface area contributed by atoms with Gasteiger partial charge in [-0.3, -0.25) is 4.79 Å². The topological polar surface area (TPSA) is 81.4 Å². The van der Waals surface area contributed by atoms with Crippen LogP contribution in [0, 0.1) is 5.92 Å². The van der Waals surface area contributed by atoms with Crippen molar-refractivity contribution in [3.05, 3.63) is 35.4 Å². The quantitative estimate of drug-likeness (QED) is 0.792. The minimum absolute atomic E-state index is 0.128. The van der Waals surface area contributed by atoms with Crippen LogP contribution in [0.5, 0.6) is 0 Å². The molecule has 20 heavy (non-hydrogen) atoms. The van der Waals surface area contributed by atoms with Crippen molar-refractivity contribution < 1.29 is 14.3 Å². The van der Waals surface area contributed by atoms with Crippen LogP contribution in [-0.2, 0) is 16.1 Å². The summed E-state index contributed by atoms with van der Waals surface area (Å²) in [6.07, 6.45) is 2.04. The van der Waals surface area contributed by atoms with Crippen LogP contribution in [0.3, 0.4) is 0 Å². The Bertz CT molecular complexity index is 504. The van der Waals surface area contributed by atoms with Crippen molar-refractivity contribution in [2.75, 3.05) is 7.11 Å². The molecule has 1 aromatic rings. The number of hydrogen-bond donors (Lipinski definition) is 2. The lowest BCUT2D eigenvalue weighted by molar-refractivity contribution is -0.126. The van der Waals surface area contributed by atoms with E-state index in [1.807, 2.05) is 0 Å². The zero-order valence-corrected chi connectivity index (χ0v) is 11.8. The largest absolute Gasteiger partial charge is 0.465 e. The van der Waals surface area contributed by atoms with E-state index in [2.05, 4.69) is 10.1 Å². The van der Waals surface area contributed by atoms with E-state index in [1.165, 1.54) is 7.11 Å². The predicted octanol–water partition coefficient (Wildman–Crippen LogP) is 1.22. The van der Waals surface area contributed by atoms with E-state index in [4.69, 9.17) is 5.73 Å². The molecule has 0 aromatic heterocycles. The Morgan fingerprint density at radius 1 is 1.35 bits per heavy atom. The van der Waals surface area contributed by atoms with Gasteiger partial charge in [-0.25, -0.2) is 4.79 Å². The molecule has 0 saturated heterocycles. The van der Waals surface area contributed by atoms with Gasteiger partial charge in [0.2, 0.25) is 5.91 Å². The summed E-state index contributed by atoms with van der Waals surface area (Å²) in [4.78, 5) is 23.3. The summed E-state index contributed by atoms with van der Waals surface area (Å²) in [6.45, 7) is 2.18. The number of carbonyl (C=O) groups excluding carboxylic acids is 2. The van der Waals surface area contributed by atoms with Crippen LogP contribution in [0.4, 0.5) is 0 Å². The minimum atomic E-state index is -0.786. The first-order valence-electron chi connectivity index (χ1n) is 6.69. The van der Waals surface area contributed by atoms with Crippen molar-refractivity contribution in [2.45, 2.75) is 31.8 Å². The maximum atomic E-state index is 12.0. The monoisotopic (exact) mass is 276 g/mol. The third-order valence-electron chi connectivity index (χ3n) is 3.74. The summed E-state index contributed by atoms with van der Waals surface area (Å²) in [5, 5.41) is 2.84. The summed E-state index contributed by atoms with van der Waals surface area (Å²) >= 11 is 0. The molecular weight excluding hydrogens is 256 g/mol. The van der Waals surface area contributed by atoms with Gasteiger partial charge in [-0.1, -0.05) is 12.1 Å². The van der Waals surface area contributed by atoms with Crippen molar-refractivity contribution in [1.29, 1.82) is 0 Å². The molecule has 0 bridgehead atoms. The Balaban J connectivity index is 1.91. The molecule has 1 aliphatic carbocycles. The van der Waals surface area contributed by atoms with E-state index in [-0.39, 0.29) is 11.9 Å². The Labute approximate surface area is 118 Å². The molecule has 1 aliphatic rings. The molecule has 0 aliphatic heterocycles. The second-order valence-corrected chi connectivity index (χ2v) is 5.43. The Morgan fingerprint density at radius 2 is 1.95 bits per heavy atom. The maximum Gasteiger partial charge on any atom is 0.337 e. The summed E-state index contributed by atoms with van der Waals surface area (Å²) in [5.74, 6) is -0.204. The van der Waals surface area contributed by atoms with Gasteiger partial charge in [0.05, 0.1) is 18.2 Å². The van der Waals surface area contributed by atoms with Crippen LogP contribution in [0.1, 0.15) is 35.7 Å². The van der Waals surface area contributed by atoms with Crippen LogP contribution in [0.15, 0.2) is 24.3 Å². The molecule has 1 atom stereocenters.